The molecular weight excluding hydrogens is 512 g/mol. The summed E-state index contributed by atoms with van der Waals surface area (Å²) in [6.45, 7) is 5.66. The Morgan fingerprint density at radius 2 is 0.658 bits per heavy atom. The van der Waals surface area contributed by atoms with Gasteiger partial charge in [-0.05, 0) is 12.8 Å². The van der Waals surface area contributed by atoms with Gasteiger partial charge >= 0.3 is 11.9 Å². The Bertz CT molecular complexity index is 474. The fraction of sp³-hybridized carbons (Fsp3) is 0.938. The maximum absolute atomic E-state index is 11.1. The Hall–Kier alpha value is -0.360. The molecule has 0 amide bonds. The van der Waals surface area contributed by atoms with E-state index in [1.165, 1.54) is 128 Å². The van der Waals surface area contributed by atoms with Crippen molar-refractivity contribution in [2.45, 2.75) is 168 Å². The van der Waals surface area contributed by atoms with Crippen LogP contribution in [0.15, 0.2) is 0 Å². The van der Waals surface area contributed by atoms with Crippen LogP contribution in [0.3, 0.4) is 0 Å². The normalized spacial score (nSPS) is 10.6. The third kappa shape index (κ3) is 37.8. The number of rotatable bonds is 28. The highest BCUT2D eigenvalue weighted by Gasteiger charge is 2.01. The van der Waals surface area contributed by atoms with Gasteiger partial charge < -0.3 is 9.47 Å². The molecule has 0 aliphatic rings. The molecule has 0 aromatic carbocycles. The number of thiol groups is 2. The summed E-state index contributed by atoms with van der Waals surface area (Å²) in [5, 5.41) is 0. The number of ether oxygens (including phenoxy) is 2. The van der Waals surface area contributed by atoms with Crippen molar-refractivity contribution >= 4 is 37.2 Å². The second-order valence-corrected chi connectivity index (χ2v) is 11.4. The van der Waals surface area contributed by atoms with E-state index in [1.807, 2.05) is 0 Å². The molecule has 0 N–H and O–H groups in total. The molecule has 228 valence electrons. The lowest BCUT2D eigenvalue weighted by Crippen LogP contribution is -2.06. The highest BCUT2D eigenvalue weighted by Crippen LogP contribution is 2.13. The molecule has 0 radical (unpaired) electrons. The summed E-state index contributed by atoms with van der Waals surface area (Å²) in [6.07, 6.45) is 30.0. The van der Waals surface area contributed by atoms with Gasteiger partial charge in [0.25, 0.3) is 0 Å². The first-order valence-electron chi connectivity index (χ1n) is 16.1. The van der Waals surface area contributed by atoms with Crippen molar-refractivity contribution in [1.82, 2.24) is 0 Å². The third-order valence-corrected chi connectivity index (χ3v) is 7.10. The fourth-order valence-corrected chi connectivity index (χ4v) is 4.60. The van der Waals surface area contributed by atoms with Crippen LogP contribution in [0.2, 0.25) is 0 Å². The van der Waals surface area contributed by atoms with E-state index in [9.17, 15) is 9.59 Å². The van der Waals surface area contributed by atoms with E-state index in [-0.39, 0.29) is 11.9 Å². The minimum atomic E-state index is -0.117. The zero-order valence-corrected chi connectivity index (χ0v) is 27.1. The topological polar surface area (TPSA) is 52.6 Å². The van der Waals surface area contributed by atoms with Crippen molar-refractivity contribution in [1.29, 1.82) is 0 Å². The second-order valence-electron chi connectivity index (χ2n) is 10.5. The molecule has 0 heterocycles. The number of hydrogen-bond donors (Lipinski definition) is 2. The number of unbranched alkanes of at least 4 members (excludes halogenated alkanes) is 20. The predicted molar refractivity (Wildman–Crippen MR) is 172 cm³/mol. The largest absolute Gasteiger partial charge is 0.466 e. The lowest BCUT2D eigenvalue weighted by molar-refractivity contribution is -0.144. The van der Waals surface area contributed by atoms with Gasteiger partial charge in [0.1, 0.15) is 0 Å². The molecule has 0 rings (SSSR count). The molecule has 0 bridgehead atoms. The van der Waals surface area contributed by atoms with Crippen LogP contribution in [0.4, 0.5) is 0 Å². The van der Waals surface area contributed by atoms with E-state index in [0.29, 0.717) is 37.6 Å². The summed E-state index contributed by atoms with van der Waals surface area (Å²) < 4.78 is 10.1. The molecule has 0 unspecified atom stereocenters. The van der Waals surface area contributed by atoms with Gasteiger partial charge in [-0.25, -0.2) is 0 Å². The van der Waals surface area contributed by atoms with Gasteiger partial charge in [0.15, 0.2) is 0 Å². The molecule has 0 aromatic heterocycles. The Kier molecular flexibility index (Phi) is 38.4. The van der Waals surface area contributed by atoms with Crippen molar-refractivity contribution in [2.75, 3.05) is 24.7 Å². The Morgan fingerprint density at radius 1 is 0.421 bits per heavy atom. The van der Waals surface area contributed by atoms with Gasteiger partial charge in [0.05, 0.1) is 26.1 Å². The predicted octanol–water partition coefficient (Wildman–Crippen LogP) is 10.3. The van der Waals surface area contributed by atoms with Gasteiger partial charge in [-0.2, -0.15) is 25.3 Å². The first kappa shape index (κ1) is 39.8. The van der Waals surface area contributed by atoms with Crippen LogP contribution in [-0.2, 0) is 19.1 Å². The van der Waals surface area contributed by atoms with Gasteiger partial charge in [-0.15, -0.1) is 0 Å². The average Bonchev–Trinajstić information content (AvgIpc) is 2.90. The van der Waals surface area contributed by atoms with E-state index in [2.05, 4.69) is 39.1 Å². The quantitative estimate of drug-likeness (QED) is 0.0552. The minimum absolute atomic E-state index is 0.106. The van der Waals surface area contributed by atoms with E-state index >= 15 is 0 Å². The molecule has 0 saturated heterocycles. The highest BCUT2D eigenvalue weighted by molar-refractivity contribution is 7.80. The number of hydrogen-bond acceptors (Lipinski definition) is 6. The molecule has 6 heteroatoms. The Morgan fingerprint density at radius 3 is 0.895 bits per heavy atom. The third-order valence-electron chi connectivity index (χ3n) is 6.65. The van der Waals surface area contributed by atoms with Crippen molar-refractivity contribution in [3.63, 3.8) is 0 Å². The molecule has 0 spiro atoms. The van der Waals surface area contributed by atoms with Gasteiger partial charge in [0.2, 0.25) is 0 Å². The maximum atomic E-state index is 11.1. The number of carbonyl (C=O) groups excluding carboxylic acids is 2. The minimum Gasteiger partial charge on any atom is -0.466 e. The Balaban J connectivity index is 0. The molecule has 4 nitrogen and oxygen atoms in total. The first-order chi connectivity index (χ1) is 18.6. The van der Waals surface area contributed by atoms with Gasteiger partial charge in [0, 0.05) is 11.5 Å². The SMILES string of the molecule is CCCCCCCCCCCCCCCCCCOC(=O)CCS.CCCCCCCCOC(=O)CCS. The van der Waals surface area contributed by atoms with Crippen molar-refractivity contribution in [3.8, 4) is 0 Å². The molecule has 0 aliphatic carbocycles. The highest BCUT2D eigenvalue weighted by atomic mass is 32.1. The van der Waals surface area contributed by atoms with Gasteiger partial charge in [-0.1, -0.05) is 142 Å². The molecule has 0 saturated carbocycles. The molecule has 0 fully saturated rings. The number of carbonyl (C=O) groups is 2. The van der Waals surface area contributed by atoms with Crippen molar-refractivity contribution in [3.05, 3.63) is 0 Å². The van der Waals surface area contributed by atoms with Crippen LogP contribution in [0.1, 0.15) is 168 Å². The van der Waals surface area contributed by atoms with Crippen molar-refractivity contribution < 1.29 is 19.1 Å². The van der Waals surface area contributed by atoms with Crippen LogP contribution >= 0.6 is 25.3 Å². The monoisotopic (exact) mass is 576 g/mol. The van der Waals surface area contributed by atoms with Crippen molar-refractivity contribution in [2.24, 2.45) is 0 Å². The van der Waals surface area contributed by atoms with E-state index in [1.54, 1.807) is 0 Å². The summed E-state index contributed by atoms with van der Waals surface area (Å²) >= 11 is 7.98. The summed E-state index contributed by atoms with van der Waals surface area (Å²) in [5.41, 5.74) is 0. The Labute approximate surface area is 248 Å². The summed E-state index contributed by atoms with van der Waals surface area (Å²) in [7, 11) is 0. The molecule has 38 heavy (non-hydrogen) atoms. The van der Waals surface area contributed by atoms with Crippen LogP contribution in [0.5, 0.6) is 0 Å². The van der Waals surface area contributed by atoms with Crippen LogP contribution in [0, 0.1) is 0 Å². The smallest absolute Gasteiger partial charge is 0.306 e. The summed E-state index contributed by atoms with van der Waals surface area (Å²) in [5.74, 6) is 0.937. The molecule has 0 aliphatic heterocycles. The number of esters is 2. The molecule has 0 aromatic rings. The lowest BCUT2D eigenvalue weighted by atomic mass is 10.0. The second kappa shape index (κ2) is 36.6. The van der Waals surface area contributed by atoms with Gasteiger partial charge in [-0.3, -0.25) is 9.59 Å². The summed E-state index contributed by atoms with van der Waals surface area (Å²) in [6, 6.07) is 0. The summed E-state index contributed by atoms with van der Waals surface area (Å²) in [4.78, 5) is 22.0. The first-order valence-corrected chi connectivity index (χ1v) is 17.4. The maximum Gasteiger partial charge on any atom is 0.306 e. The zero-order valence-electron chi connectivity index (χ0n) is 25.3. The van der Waals surface area contributed by atoms with Crippen LogP contribution in [0.25, 0.3) is 0 Å². The van der Waals surface area contributed by atoms with E-state index < -0.39 is 0 Å². The molecular formula is C32H64O4S2. The lowest BCUT2D eigenvalue weighted by Gasteiger charge is -2.04. The standard InChI is InChI=1S/C21H42O2S.C11H22O2S/c1-2-3-4-5-6-7-8-9-10-11-12-13-14-15-16-17-19-23-21(22)18-20-24;1-2-3-4-5-6-7-9-13-11(12)8-10-14/h24H,2-20H2,1H3;14H,2-10H2,1H3. The van der Waals surface area contributed by atoms with Crippen LogP contribution in [-0.4, -0.2) is 36.7 Å². The fourth-order valence-electron chi connectivity index (χ4n) is 4.23. The molecule has 0 atom stereocenters. The van der Waals surface area contributed by atoms with E-state index in [4.69, 9.17) is 9.47 Å². The van der Waals surface area contributed by atoms with E-state index in [0.717, 1.165) is 12.8 Å². The van der Waals surface area contributed by atoms with Crippen LogP contribution < -0.4 is 0 Å². The zero-order chi connectivity index (χ0) is 28.4. The average molecular weight is 577 g/mol.